The lowest BCUT2D eigenvalue weighted by molar-refractivity contribution is -0.136. The first-order valence-electron chi connectivity index (χ1n) is 7.87. The van der Waals surface area contributed by atoms with Crippen LogP contribution in [0, 0.1) is 13.8 Å². The van der Waals surface area contributed by atoms with Crippen LogP contribution < -0.4 is 9.47 Å². The van der Waals surface area contributed by atoms with Gasteiger partial charge in [0.1, 0.15) is 11.5 Å². The summed E-state index contributed by atoms with van der Waals surface area (Å²) in [6, 6.07) is 11.4. The van der Waals surface area contributed by atoms with Gasteiger partial charge < -0.3 is 9.47 Å². The highest BCUT2D eigenvalue weighted by Crippen LogP contribution is 2.32. The van der Waals surface area contributed by atoms with Crippen molar-refractivity contribution in [2.75, 3.05) is 6.61 Å². The number of hydrogen-bond acceptors (Lipinski definition) is 3. The van der Waals surface area contributed by atoms with Crippen LogP contribution >= 0.6 is 15.9 Å². The van der Waals surface area contributed by atoms with Crippen LogP contribution in [0.25, 0.3) is 0 Å². The van der Waals surface area contributed by atoms with Crippen molar-refractivity contribution < 1.29 is 14.3 Å². The van der Waals surface area contributed by atoms with Gasteiger partial charge in [-0.25, -0.2) is 4.79 Å². The Balaban J connectivity index is 2.06. The highest BCUT2D eigenvalue weighted by molar-refractivity contribution is 9.10. The molecule has 0 saturated heterocycles. The molecule has 0 aliphatic heterocycles. The average Bonchev–Trinajstić information content (AvgIpc) is 2.49. The maximum Gasteiger partial charge on any atom is 0.349 e. The molecule has 2 aromatic carbocycles. The van der Waals surface area contributed by atoms with Crippen LogP contribution in [0.4, 0.5) is 0 Å². The summed E-state index contributed by atoms with van der Waals surface area (Å²) in [6.45, 7) is 10.2. The van der Waals surface area contributed by atoms with Gasteiger partial charge in [0.15, 0.2) is 6.61 Å². The fourth-order valence-corrected chi connectivity index (χ4v) is 2.57. The lowest BCUT2D eigenvalue weighted by Crippen LogP contribution is -2.21. The first-order valence-corrected chi connectivity index (χ1v) is 8.67. The van der Waals surface area contributed by atoms with Crippen LogP contribution in [0.1, 0.15) is 37.5 Å². The predicted molar refractivity (Wildman–Crippen MR) is 99.9 cm³/mol. The van der Waals surface area contributed by atoms with Crippen LogP contribution in [0.15, 0.2) is 40.9 Å². The zero-order valence-corrected chi connectivity index (χ0v) is 16.4. The Morgan fingerprint density at radius 2 is 1.79 bits per heavy atom. The van der Waals surface area contributed by atoms with E-state index in [2.05, 4.69) is 42.8 Å². The summed E-state index contributed by atoms with van der Waals surface area (Å²) in [5.74, 6) is 0.825. The number of halogens is 1. The highest BCUT2D eigenvalue weighted by atomic mass is 79.9. The Bertz CT molecular complexity index is 745. The van der Waals surface area contributed by atoms with Crippen molar-refractivity contribution in [3.8, 4) is 11.5 Å². The van der Waals surface area contributed by atoms with Gasteiger partial charge >= 0.3 is 5.97 Å². The molecule has 0 aromatic heterocycles. The minimum Gasteiger partial charge on any atom is -0.482 e. The number of hydrogen-bond donors (Lipinski definition) is 0. The molecule has 0 radical (unpaired) electrons. The van der Waals surface area contributed by atoms with E-state index < -0.39 is 5.97 Å². The minimum absolute atomic E-state index is 0.106. The van der Waals surface area contributed by atoms with E-state index in [1.807, 2.05) is 44.2 Å². The fourth-order valence-electron chi connectivity index (χ4n) is 2.32. The number of aryl methyl sites for hydroxylation is 2. The Morgan fingerprint density at radius 3 is 2.42 bits per heavy atom. The van der Waals surface area contributed by atoms with E-state index in [9.17, 15) is 4.79 Å². The molecule has 4 heteroatoms. The summed E-state index contributed by atoms with van der Waals surface area (Å²) in [7, 11) is 0. The molecule has 0 atom stereocenters. The predicted octanol–water partition coefficient (Wildman–Crippen LogP) is 5.35. The van der Waals surface area contributed by atoms with E-state index in [4.69, 9.17) is 9.47 Å². The first-order chi connectivity index (χ1) is 11.2. The van der Waals surface area contributed by atoms with Gasteiger partial charge in [-0.05, 0) is 49.1 Å². The molecule has 2 aromatic rings. The third-order valence-electron chi connectivity index (χ3n) is 3.65. The van der Waals surface area contributed by atoms with Gasteiger partial charge in [-0.3, -0.25) is 0 Å². The summed E-state index contributed by atoms with van der Waals surface area (Å²) < 4.78 is 12.1. The lowest BCUT2D eigenvalue weighted by Gasteiger charge is -2.22. The molecule has 0 saturated carbocycles. The Morgan fingerprint density at radius 1 is 1.08 bits per heavy atom. The van der Waals surface area contributed by atoms with Gasteiger partial charge in [-0.2, -0.15) is 0 Å². The number of carbonyl (C=O) groups is 1. The van der Waals surface area contributed by atoms with Gasteiger partial charge in [-0.15, -0.1) is 0 Å². The van der Waals surface area contributed by atoms with Gasteiger partial charge in [0.2, 0.25) is 0 Å². The van der Waals surface area contributed by atoms with Crippen molar-refractivity contribution >= 4 is 21.9 Å². The van der Waals surface area contributed by atoms with Crippen molar-refractivity contribution in [3.05, 3.63) is 57.6 Å². The first kappa shape index (κ1) is 18.5. The van der Waals surface area contributed by atoms with Gasteiger partial charge in [0.25, 0.3) is 0 Å². The fraction of sp³-hybridized carbons (Fsp3) is 0.350. The van der Waals surface area contributed by atoms with Crippen LogP contribution in [0.3, 0.4) is 0 Å². The monoisotopic (exact) mass is 390 g/mol. The Labute approximate surface area is 152 Å². The third kappa shape index (κ3) is 4.84. The van der Waals surface area contributed by atoms with Crippen molar-refractivity contribution in [3.63, 3.8) is 0 Å². The molecule has 0 amide bonds. The SMILES string of the molecule is Cc1ccc(OC(=O)COc2ccc(Br)c(C)c2)c(C(C)(C)C)c1. The number of benzene rings is 2. The van der Waals surface area contributed by atoms with E-state index in [0.29, 0.717) is 11.5 Å². The van der Waals surface area contributed by atoms with Crippen molar-refractivity contribution in [1.82, 2.24) is 0 Å². The topological polar surface area (TPSA) is 35.5 Å². The second kappa shape index (κ2) is 7.39. The molecule has 0 spiro atoms. The normalized spacial score (nSPS) is 11.2. The highest BCUT2D eigenvalue weighted by Gasteiger charge is 2.21. The van der Waals surface area contributed by atoms with E-state index >= 15 is 0 Å². The third-order valence-corrected chi connectivity index (χ3v) is 4.54. The molecule has 0 fully saturated rings. The molecule has 24 heavy (non-hydrogen) atoms. The second-order valence-electron chi connectivity index (χ2n) is 6.92. The second-order valence-corrected chi connectivity index (χ2v) is 7.78. The minimum atomic E-state index is -0.412. The summed E-state index contributed by atoms with van der Waals surface area (Å²) in [6.07, 6.45) is 0. The van der Waals surface area contributed by atoms with Crippen LogP contribution in [0.5, 0.6) is 11.5 Å². The maximum absolute atomic E-state index is 12.1. The summed E-state index contributed by atoms with van der Waals surface area (Å²) in [5.41, 5.74) is 3.09. The van der Waals surface area contributed by atoms with Gasteiger partial charge in [-0.1, -0.05) is 54.4 Å². The quantitative estimate of drug-likeness (QED) is 0.521. The average molecular weight is 391 g/mol. The molecule has 3 nitrogen and oxygen atoms in total. The molecule has 0 aliphatic carbocycles. The van der Waals surface area contributed by atoms with Crippen molar-refractivity contribution in [2.24, 2.45) is 0 Å². The number of rotatable bonds is 4. The van der Waals surface area contributed by atoms with E-state index in [-0.39, 0.29) is 12.0 Å². The van der Waals surface area contributed by atoms with Crippen LogP contribution in [-0.4, -0.2) is 12.6 Å². The number of carbonyl (C=O) groups excluding carboxylic acids is 1. The lowest BCUT2D eigenvalue weighted by atomic mass is 9.85. The standard InChI is InChI=1S/C20H23BrO3/c1-13-6-9-18(16(10-13)20(3,4)5)24-19(22)12-23-15-7-8-17(21)14(2)11-15/h6-11H,12H2,1-5H3. The zero-order valence-electron chi connectivity index (χ0n) is 14.8. The maximum atomic E-state index is 12.1. The molecule has 2 rings (SSSR count). The largest absolute Gasteiger partial charge is 0.482 e. The zero-order chi connectivity index (χ0) is 17.9. The summed E-state index contributed by atoms with van der Waals surface area (Å²) in [5, 5.41) is 0. The van der Waals surface area contributed by atoms with E-state index in [1.165, 1.54) is 0 Å². The molecule has 0 N–H and O–H groups in total. The van der Waals surface area contributed by atoms with Crippen molar-refractivity contribution in [1.29, 1.82) is 0 Å². The van der Waals surface area contributed by atoms with Gasteiger partial charge in [0.05, 0.1) is 0 Å². The van der Waals surface area contributed by atoms with Crippen LogP contribution in [0.2, 0.25) is 0 Å². The molecular formula is C20H23BrO3. The number of esters is 1. The molecule has 0 unspecified atom stereocenters. The van der Waals surface area contributed by atoms with Gasteiger partial charge in [0, 0.05) is 10.0 Å². The number of ether oxygens (including phenoxy) is 2. The summed E-state index contributed by atoms with van der Waals surface area (Å²) >= 11 is 3.44. The van der Waals surface area contributed by atoms with E-state index in [1.54, 1.807) is 0 Å². The molecule has 128 valence electrons. The van der Waals surface area contributed by atoms with Crippen LogP contribution in [-0.2, 0) is 10.2 Å². The Kier molecular flexibility index (Phi) is 5.70. The molecule has 0 bridgehead atoms. The molecule has 0 heterocycles. The summed E-state index contributed by atoms with van der Waals surface area (Å²) in [4.78, 5) is 12.1. The van der Waals surface area contributed by atoms with E-state index in [0.717, 1.165) is 21.2 Å². The molecule has 0 aliphatic rings. The van der Waals surface area contributed by atoms with Crippen molar-refractivity contribution in [2.45, 2.75) is 40.0 Å². The molecular weight excluding hydrogens is 368 g/mol. The smallest absolute Gasteiger partial charge is 0.349 e. The Hall–Kier alpha value is -1.81.